The van der Waals surface area contributed by atoms with Gasteiger partial charge in [0.15, 0.2) is 0 Å². The van der Waals surface area contributed by atoms with Gasteiger partial charge in [-0.3, -0.25) is 0 Å². The molecule has 2 fully saturated rings. The van der Waals surface area contributed by atoms with E-state index in [1.165, 1.54) is 30.1 Å². The van der Waals surface area contributed by atoms with Crippen LogP contribution in [0.5, 0.6) is 0 Å². The zero-order valence-corrected chi connectivity index (χ0v) is 11.3. The minimum absolute atomic E-state index is 0.528. The fraction of sp³-hybridized carbons (Fsp3) is 0.833. The maximum atomic E-state index is 4.14. The van der Waals surface area contributed by atoms with Crippen molar-refractivity contribution >= 4 is 19.8 Å². The number of alkyl halides is 3. The van der Waals surface area contributed by atoms with E-state index in [4.69, 9.17) is 0 Å². The Kier molecular flexibility index (Phi) is 3.88. The van der Waals surface area contributed by atoms with Crippen molar-refractivity contribution in [1.29, 1.82) is 0 Å². The van der Waals surface area contributed by atoms with Crippen molar-refractivity contribution in [3.05, 3.63) is 12.2 Å². The van der Waals surface area contributed by atoms with E-state index >= 15 is 0 Å². The van der Waals surface area contributed by atoms with E-state index in [1.807, 2.05) is 0 Å². The Hall–Kier alpha value is 0.430. The summed E-state index contributed by atoms with van der Waals surface area (Å²) in [6, 6.07) is 0.835. The fourth-order valence-electron chi connectivity index (χ4n) is 2.59. The number of halogens is 1. The molecule has 14 heavy (non-hydrogen) atoms. The van der Waals surface area contributed by atoms with Gasteiger partial charge in [0.2, 0.25) is 0 Å². The van der Waals surface area contributed by atoms with Crippen LogP contribution in [-0.4, -0.2) is 26.4 Å². The Morgan fingerprint density at radius 2 is 2.36 bits per heavy atom. The van der Waals surface area contributed by atoms with Crippen LogP contribution in [-0.2, 0) is 0 Å². The zero-order valence-electron chi connectivity index (χ0n) is 9.19. The van der Waals surface area contributed by atoms with E-state index in [1.54, 1.807) is 14.4 Å². The van der Waals surface area contributed by atoms with Gasteiger partial charge in [0.05, 0.1) is 0 Å². The molecule has 1 aliphatic heterocycles. The summed E-state index contributed by atoms with van der Waals surface area (Å²) in [6.45, 7) is 4.14. The molecular weight excluding hydrogens is 285 g/mol. The van der Waals surface area contributed by atoms with Crippen LogP contribution in [0.4, 0.5) is 0 Å². The monoisotopic (exact) mass is 307 g/mol. The second-order valence-electron chi connectivity index (χ2n) is 4.71. The van der Waals surface area contributed by atoms with Crippen molar-refractivity contribution in [2.24, 2.45) is 5.92 Å². The molecule has 2 rings (SSSR count). The van der Waals surface area contributed by atoms with E-state index in [2.05, 4.69) is 18.9 Å². The zero-order chi connectivity index (χ0) is 9.97. The fourth-order valence-corrected chi connectivity index (χ4v) is 9.71. The molecule has 0 bridgehead atoms. The normalized spacial score (nSPS) is 35.5. The molecule has 0 amide bonds. The van der Waals surface area contributed by atoms with Crippen LogP contribution in [0, 0.1) is 5.92 Å². The molecule has 1 saturated carbocycles. The van der Waals surface area contributed by atoms with Gasteiger partial charge in [0.25, 0.3) is 0 Å². The molecular formula is C12H22IN. The van der Waals surface area contributed by atoms with Crippen molar-refractivity contribution in [3.63, 3.8) is 0 Å². The summed E-state index contributed by atoms with van der Waals surface area (Å²) in [6.07, 6.45) is 5.74. The van der Waals surface area contributed by atoms with E-state index < -0.39 is 19.8 Å². The molecule has 0 spiro atoms. The van der Waals surface area contributed by atoms with Gasteiger partial charge in [-0.2, -0.15) is 0 Å². The van der Waals surface area contributed by atoms with Gasteiger partial charge < -0.3 is 0 Å². The first-order chi connectivity index (χ1) is 6.78. The second kappa shape index (κ2) is 4.97. The summed E-state index contributed by atoms with van der Waals surface area (Å²) in [5.41, 5.74) is 1.57. The van der Waals surface area contributed by atoms with Crippen molar-refractivity contribution < 1.29 is 0 Å². The molecule has 1 nitrogen and oxygen atoms in total. The van der Waals surface area contributed by atoms with Crippen molar-refractivity contribution in [3.8, 4) is 0 Å². The van der Waals surface area contributed by atoms with Crippen LogP contribution in [0.15, 0.2) is 12.2 Å². The molecule has 2 unspecified atom stereocenters. The first kappa shape index (κ1) is 10.9. The van der Waals surface area contributed by atoms with Gasteiger partial charge in [0.1, 0.15) is 0 Å². The Balaban J connectivity index is 1.73. The molecule has 0 radical (unpaired) electrons. The Morgan fingerprint density at radius 1 is 1.50 bits per heavy atom. The van der Waals surface area contributed by atoms with Crippen LogP contribution in [0.3, 0.4) is 0 Å². The summed E-state index contributed by atoms with van der Waals surface area (Å²) >= 11 is -0.528. The summed E-state index contributed by atoms with van der Waals surface area (Å²) in [5.74, 6) is 1.07. The molecule has 2 atom stereocenters. The molecule has 1 aliphatic carbocycles. The van der Waals surface area contributed by atoms with Gasteiger partial charge in [-0.25, -0.2) is 0 Å². The van der Waals surface area contributed by atoms with Gasteiger partial charge >= 0.3 is 95.3 Å². The Morgan fingerprint density at radius 3 is 2.93 bits per heavy atom. The number of nitrogens with one attached hydrogen (secondary N) is 1. The van der Waals surface area contributed by atoms with E-state index in [0.29, 0.717) is 0 Å². The van der Waals surface area contributed by atoms with Crippen LogP contribution in [0.25, 0.3) is 0 Å². The van der Waals surface area contributed by atoms with Crippen LogP contribution < -0.4 is 5.32 Å². The van der Waals surface area contributed by atoms with Crippen molar-refractivity contribution in [2.75, 3.05) is 20.3 Å². The molecule has 82 valence electrons. The van der Waals surface area contributed by atoms with E-state index in [-0.39, 0.29) is 0 Å². The van der Waals surface area contributed by atoms with Gasteiger partial charge in [-0.05, 0) is 0 Å². The van der Waals surface area contributed by atoms with Crippen LogP contribution >= 0.6 is 19.8 Å². The molecule has 0 aromatic heterocycles. The van der Waals surface area contributed by atoms with Crippen LogP contribution in [0.1, 0.15) is 25.7 Å². The van der Waals surface area contributed by atoms with Crippen molar-refractivity contribution in [1.82, 2.24) is 5.32 Å². The number of rotatable bonds is 3. The molecule has 0 aromatic rings. The Bertz CT molecular complexity index is 214. The topological polar surface area (TPSA) is 12.0 Å². The molecule has 2 aliphatic rings. The van der Waals surface area contributed by atoms with Crippen LogP contribution in [0.2, 0.25) is 0 Å². The average molecular weight is 307 g/mol. The summed E-state index contributed by atoms with van der Waals surface area (Å²) in [4.78, 5) is 0. The minimum atomic E-state index is -0.528. The van der Waals surface area contributed by atoms with Gasteiger partial charge in [-0.1, -0.05) is 0 Å². The molecule has 1 heterocycles. The predicted molar refractivity (Wildman–Crippen MR) is 72.6 cm³/mol. The third-order valence-corrected chi connectivity index (χ3v) is 10.2. The summed E-state index contributed by atoms with van der Waals surface area (Å²) < 4.78 is 4.68. The third-order valence-electron chi connectivity index (χ3n) is 3.48. The molecule has 1 N–H and O–H groups in total. The summed E-state index contributed by atoms with van der Waals surface area (Å²) in [7, 11) is 2.11. The second-order valence-corrected chi connectivity index (χ2v) is 10.7. The third kappa shape index (κ3) is 2.72. The maximum absolute atomic E-state index is 4.14. The molecule has 2 heteroatoms. The quantitative estimate of drug-likeness (QED) is 0.480. The predicted octanol–water partition coefficient (Wildman–Crippen LogP) is 2.84. The number of hydrogen-bond acceptors (Lipinski definition) is 1. The summed E-state index contributed by atoms with van der Waals surface area (Å²) in [5, 5.41) is 3.43. The van der Waals surface area contributed by atoms with E-state index in [9.17, 15) is 0 Å². The Labute approximate surface area is 95.1 Å². The number of hydrogen-bond donors (Lipinski definition) is 1. The molecule has 0 aromatic carbocycles. The number of allylic oxidation sites excluding steroid dienone is 1. The van der Waals surface area contributed by atoms with Gasteiger partial charge in [0, 0.05) is 0 Å². The first-order valence-corrected chi connectivity index (χ1v) is 10.3. The standard InChI is InChI=1S/C12H22IN/c1-10-5-6-13(8-10)9-11-3-4-12(7-11)14-2/h11-12,14H,1,3-9H2,2H3. The van der Waals surface area contributed by atoms with Gasteiger partial charge in [-0.15, -0.1) is 0 Å². The van der Waals surface area contributed by atoms with E-state index in [0.717, 1.165) is 12.0 Å². The molecule has 1 saturated heterocycles. The van der Waals surface area contributed by atoms with Crippen molar-refractivity contribution in [2.45, 2.75) is 31.7 Å². The average Bonchev–Trinajstić information content (AvgIpc) is 2.76. The SMILES string of the molecule is C=C1CCI(CC2CCC(NC)C2)C1. The first-order valence-electron chi connectivity index (χ1n) is 5.69.